The average molecular weight is 365 g/mol. The molecule has 0 N–H and O–H groups in total. The van der Waals surface area contributed by atoms with Crippen LogP contribution in [0.15, 0.2) is 9.09 Å². The molecule has 1 aromatic heterocycles. The number of oxazole rings is 1. The van der Waals surface area contributed by atoms with E-state index >= 15 is 0 Å². The van der Waals surface area contributed by atoms with Crippen LogP contribution >= 0.6 is 27.5 Å². The van der Waals surface area contributed by atoms with Gasteiger partial charge >= 0.3 is 0 Å². The SMILES string of the molecule is CCCCCCCC(C)(CCCC)c1nc(Cl)oc1Br. The van der Waals surface area contributed by atoms with E-state index in [-0.39, 0.29) is 10.8 Å². The van der Waals surface area contributed by atoms with Crippen LogP contribution in [0.4, 0.5) is 0 Å². The van der Waals surface area contributed by atoms with Gasteiger partial charge in [-0.2, -0.15) is 0 Å². The Morgan fingerprint density at radius 3 is 2.20 bits per heavy atom. The van der Waals surface area contributed by atoms with Gasteiger partial charge in [0.2, 0.25) is 0 Å². The standard InChI is InChI=1S/C16H27BrClNO/c1-4-6-8-9-10-12-16(3,11-7-5-2)13-14(17)20-15(18)19-13/h4-12H2,1-3H3. The Bertz CT molecular complexity index is 394. The van der Waals surface area contributed by atoms with Gasteiger partial charge in [-0.05, 0) is 40.4 Å². The summed E-state index contributed by atoms with van der Waals surface area (Å²) in [6.07, 6.45) is 11.2. The second-order valence-corrected chi connectivity index (χ2v) is 6.96. The van der Waals surface area contributed by atoms with Gasteiger partial charge in [-0.3, -0.25) is 0 Å². The van der Waals surface area contributed by atoms with Crippen LogP contribution in [0, 0.1) is 0 Å². The number of unbranched alkanes of at least 4 members (excludes halogenated alkanes) is 5. The van der Waals surface area contributed by atoms with Crippen molar-refractivity contribution in [3.8, 4) is 0 Å². The van der Waals surface area contributed by atoms with Crippen LogP contribution in [0.25, 0.3) is 0 Å². The van der Waals surface area contributed by atoms with Crippen molar-refractivity contribution in [2.24, 2.45) is 0 Å². The maximum Gasteiger partial charge on any atom is 0.293 e. The molecule has 0 aliphatic rings. The lowest BCUT2D eigenvalue weighted by molar-refractivity contribution is 0.355. The smallest absolute Gasteiger partial charge is 0.293 e. The van der Waals surface area contributed by atoms with Crippen LogP contribution in [0.2, 0.25) is 5.35 Å². The first kappa shape index (κ1) is 18.0. The van der Waals surface area contributed by atoms with E-state index in [4.69, 9.17) is 16.0 Å². The van der Waals surface area contributed by atoms with Gasteiger partial charge in [0.25, 0.3) is 5.35 Å². The molecule has 0 bridgehead atoms. The van der Waals surface area contributed by atoms with E-state index < -0.39 is 0 Å². The van der Waals surface area contributed by atoms with Crippen molar-refractivity contribution in [2.75, 3.05) is 0 Å². The van der Waals surface area contributed by atoms with E-state index in [0.29, 0.717) is 4.67 Å². The minimum atomic E-state index is 0.0672. The van der Waals surface area contributed by atoms with Gasteiger partial charge in [-0.15, -0.1) is 0 Å². The average Bonchev–Trinajstić information content (AvgIpc) is 2.76. The van der Waals surface area contributed by atoms with Crippen LogP contribution in [-0.2, 0) is 5.41 Å². The molecule has 20 heavy (non-hydrogen) atoms. The molecule has 1 atom stereocenters. The Kier molecular flexibility index (Phi) is 8.20. The van der Waals surface area contributed by atoms with Crippen molar-refractivity contribution in [3.05, 3.63) is 15.7 Å². The molecule has 1 heterocycles. The van der Waals surface area contributed by atoms with E-state index in [2.05, 4.69) is 41.7 Å². The maximum atomic E-state index is 5.90. The van der Waals surface area contributed by atoms with Crippen molar-refractivity contribution >= 4 is 27.5 Å². The molecule has 116 valence electrons. The summed E-state index contributed by atoms with van der Waals surface area (Å²) < 4.78 is 6.06. The van der Waals surface area contributed by atoms with Gasteiger partial charge in [0.1, 0.15) is 5.69 Å². The molecule has 0 spiro atoms. The lowest BCUT2D eigenvalue weighted by atomic mass is 9.77. The molecule has 2 nitrogen and oxygen atoms in total. The summed E-state index contributed by atoms with van der Waals surface area (Å²) in [4.78, 5) is 4.40. The zero-order chi connectivity index (χ0) is 15.0. The quantitative estimate of drug-likeness (QED) is 0.422. The number of halogens is 2. The molecule has 1 rings (SSSR count). The fourth-order valence-corrected chi connectivity index (χ4v) is 3.67. The van der Waals surface area contributed by atoms with Gasteiger partial charge in [0, 0.05) is 5.41 Å². The molecule has 1 unspecified atom stereocenters. The number of rotatable bonds is 10. The third-order valence-corrected chi connectivity index (χ3v) is 4.74. The fraction of sp³-hybridized carbons (Fsp3) is 0.812. The van der Waals surface area contributed by atoms with E-state index in [9.17, 15) is 0 Å². The summed E-state index contributed by atoms with van der Waals surface area (Å²) in [5.41, 5.74) is 1.06. The Morgan fingerprint density at radius 2 is 1.65 bits per heavy atom. The summed E-state index contributed by atoms with van der Waals surface area (Å²) in [7, 11) is 0. The molecule has 1 aromatic rings. The minimum Gasteiger partial charge on any atom is -0.420 e. The third-order valence-electron chi connectivity index (χ3n) is 4.05. The van der Waals surface area contributed by atoms with Crippen molar-refractivity contribution in [1.29, 1.82) is 0 Å². The number of aromatic nitrogens is 1. The molecular weight excluding hydrogens is 338 g/mol. The Balaban J connectivity index is 2.68. The highest BCUT2D eigenvalue weighted by Gasteiger charge is 2.32. The van der Waals surface area contributed by atoms with E-state index in [0.717, 1.165) is 18.5 Å². The van der Waals surface area contributed by atoms with Crippen LogP contribution < -0.4 is 0 Å². The fourth-order valence-electron chi connectivity index (χ4n) is 2.70. The molecule has 0 aliphatic heterocycles. The van der Waals surface area contributed by atoms with Crippen LogP contribution in [-0.4, -0.2) is 4.98 Å². The minimum absolute atomic E-state index is 0.0672. The zero-order valence-corrected chi connectivity index (χ0v) is 15.3. The van der Waals surface area contributed by atoms with Crippen LogP contribution in [0.3, 0.4) is 0 Å². The molecule has 0 saturated carbocycles. The molecule has 0 amide bonds. The summed E-state index contributed by atoms with van der Waals surface area (Å²) in [6, 6.07) is 0. The van der Waals surface area contributed by atoms with E-state index in [1.165, 1.54) is 44.9 Å². The predicted molar refractivity (Wildman–Crippen MR) is 89.5 cm³/mol. The Hall–Kier alpha value is -0.0200. The number of hydrogen-bond donors (Lipinski definition) is 0. The first-order chi connectivity index (χ1) is 9.53. The van der Waals surface area contributed by atoms with Crippen molar-refractivity contribution in [1.82, 2.24) is 4.98 Å². The second-order valence-electron chi connectivity index (χ2n) is 5.92. The number of nitrogens with zero attached hydrogens (tertiary/aromatic N) is 1. The molecular formula is C16H27BrClNO. The van der Waals surface area contributed by atoms with Gasteiger partial charge in [0.15, 0.2) is 4.67 Å². The second kappa shape index (κ2) is 9.09. The molecule has 0 aromatic carbocycles. The third kappa shape index (κ3) is 5.40. The highest BCUT2D eigenvalue weighted by Crippen LogP contribution is 2.39. The molecule has 0 saturated heterocycles. The van der Waals surface area contributed by atoms with Crippen molar-refractivity contribution < 1.29 is 4.42 Å². The normalized spacial score (nSPS) is 14.4. The Morgan fingerprint density at radius 1 is 1.05 bits per heavy atom. The van der Waals surface area contributed by atoms with E-state index in [1.807, 2.05) is 0 Å². The summed E-state index contributed by atoms with van der Waals surface area (Å²) in [6.45, 7) is 6.77. The van der Waals surface area contributed by atoms with Gasteiger partial charge in [-0.1, -0.05) is 65.7 Å². The first-order valence-corrected chi connectivity index (χ1v) is 9.03. The topological polar surface area (TPSA) is 26.0 Å². The van der Waals surface area contributed by atoms with Crippen molar-refractivity contribution in [2.45, 2.75) is 84.0 Å². The Labute approximate surface area is 136 Å². The largest absolute Gasteiger partial charge is 0.420 e. The van der Waals surface area contributed by atoms with Crippen molar-refractivity contribution in [3.63, 3.8) is 0 Å². The van der Waals surface area contributed by atoms with Gasteiger partial charge in [0.05, 0.1) is 0 Å². The van der Waals surface area contributed by atoms with Crippen LogP contribution in [0.5, 0.6) is 0 Å². The lowest BCUT2D eigenvalue weighted by Gasteiger charge is -2.28. The number of hydrogen-bond acceptors (Lipinski definition) is 2. The van der Waals surface area contributed by atoms with Crippen LogP contribution in [0.1, 0.15) is 84.3 Å². The molecule has 0 aliphatic carbocycles. The zero-order valence-electron chi connectivity index (χ0n) is 13.0. The summed E-state index contributed by atoms with van der Waals surface area (Å²) in [5, 5.41) is 0.237. The van der Waals surface area contributed by atoms with E-state index in [1.54, 1.807) is 0 Å². The highest BCUT2D eigenvalue weighted by atomic mass is 79.9. The predicted octanol–water partition coefficient (Wildman–Crippen LogP) is 6.90. The maximum absolute atomic E-state index is 5.90. The van der Waals surface area contributed by atoms with Gasteiger partial charge in [-0.25, -0.2) is 4.98 Å². The molecule has 0 fully saturated rings. The summed E-state index contributed by atoms with van der Waals surface area (Å²) >= 11 is 9.37. The highest BCUT2D eigenvalue weighted by molar-refractivity contribution is 9.10. The first-order valence-electron chi connectivity index (χ1n) is 7.85. The monoisotopic (exact) mass is 363 g/mol. The lowest BCUT2D eigenvalue weighted by Crippen LogP contribution is -2.23. The van der Waals surface area contributed by atoms with Gasteiger partial charge < -0.3 is 4.42 Å². The molecule has 4 heteroatoms. The molecule has 0 radical (unpaired) electrons. The summed E-state index contributed by atoms with van der Waals surface area (Å²) in [5.74, 6) is 0.